The summed E-state index contributed by atoms with van der Waals surface area (Å²) >= 11 is 9.02. The molecule has 1 aromatic carbocycles. The summed E-state index contributed by atoms with van der Waals surface area (Å²) in [5.41, 5.74) is 0. The number of hydrogen-bond donors (Lipinski definition) is 1. The summed E-state index contributed by atoms with van der Waals surface area (Å²) in [5, 5.41) is 11.3. The Kier molecular flexibility index (Phi) is 7.58. The fraction of sp³-hybridized carbons (Fsp3) is 0.308. The van der Waals surface area contributed by atoms with Crippen LogP contribution in [0.4, 0.5) is 0 Å². The van der Waals surface area contributed by atoms with Gasteiger partial charge in [-0.3, -0.25) is 4.79 Å². The van der Waals surface area contributed by atoms with E-state index in [4.69, 9.17) is 26.3 Å². The zero-order valence-electron chi connectivity index (χ0n) is 10.9. The van der Waals surface area contributed by atoms with Gasteiger partial charge in [-0.25, -0.2) is 4.79 Å². The number of carbonyl (C=O) groups excluding carboxylic acids is 2. The number of esters is 1. The van der Waals surface area contributed by atoms with Gasteiger partial charge in [-0.05, 0) is 34.1 Å². The maximum absolute atomic E-state index is 11.4. The summed E-state index contributed by atoms with van der Waals surface area (Å²) in [5.74, 6) is -0.701. The first kappa shape index (κ1) is 17.3. The summed E-state index contributed by atoms with van der Waals surface area (Å²) in [6.07, 6.45) is 0.202. The monoisotopic (exact) mass is 374 g/mol. The molecule has 0 aliphatic rings. The van der Waals surface area contributed by atoms with Crippen LogP contribution in [0.3, 0.4) is 0 Å². The molecule has 0 aromatic heterocycles. The topological polar surface area (TPSA) is 88.4 Å². The lowest BCUT2D eigenvalue weighted by Gasteiger charge is -2.08. The number of carbonyl (C=O) groups is 2. The van der Waals surface area contributed by atoms with E-state index < -0.39 is 18.5 Å². The van der Waals surface area contributed by atoms with Crippen LogP contribution in [0.5, 0.6) is 5.75 Å². The molecule has 0 unspecified atom stereocenters. The van der Waals surface area contributed by atoms with E-state index in [2.05, 4.69) is 21.2 Å². The second-order valence-corrected chi connectivity index (χ2v) is 5.07. The molecule has 0 saturated carbocycles. The van der Waals surface area contributed by atoms with Crippen LogP contribution >= 0.6 is 27.5 Å². The molecule has 8 heteroatoms. The van der Waals surface area contributed by atoms with Crippen molar-refractivity contribution in [3.63, 3.8) is 0 Å². The van der Waals surface area contributed by atoms with E-state index in [1.807, 2.05) is 6.07 Å². The van der Waals surface area contributed by atoms with E-state index >= 15 is 0 Å². The van der Waals surface area contributed by atoms with Crippen LogP contribution in [-0.4, -0.2) is 31.6 Å². The summed E-state index contributed by atoms with van der Waals surface area (Å²) in [6.45, 7) is -0.512. The minimum atomic E-state index is -0.674. The number of ether oxygens (including phenoxy) is 2. The van der Waals surface area contributed by atoms with E-state index in [-0.39, 0.29) is 19.6 Å². The predicted molar refractivity (Wildman–Crippen MR) is 78.8 cm³/mol. The van der Waals surface area contributed by atoms with Gasteiger partial charge in [0.2, 0.25) is 0 Å². The SMILES string of the molecule is N#CCCNC(=O)COC(=O)COc1ccc(Cl)cc1Br. The fourth-order valence-corrected chi connectivity index (χ4v) is 2.02. The Morgan fingerprint density at radius 2 is 2.14 bits per heavy atom. The van der Waals surface area contributed by atoms with E-state index in [0.717, 1.165) is 0 Å². The normalized spacial score (nSPS) is 9.57. The molecule has 6 nitrogen and oxygen atoms in total. The molecule has 0 saturated heterocycles. The van der Waals surface area contributed by atoms with Crippen molar-refractivity contribution in [1.82, 2.24) is 5.32 Å². The molecule has 0 fully saturated rings. The lowest BCUT2D eigenvalue weighted by molar-refractivity contribution is -0.150. The summed E-state index contributed by atoms with van der Waals surface area (Å²) < 4.78 is 10.6. The lowest BCUT2D eigenvalue weighted by atomic mass is 10.3. The summed E-state index contributed by atoms with van der Waals surface area (Å²) in [6, 6.07) is 6.74. The highest BCUT2D eigenvalue weighted by atomic mass is 79.9. The molecule has 112 valence electrons. The lowest BCUT2D eigenvalue weighted by Crippen LogP contribution is -2.30. The molecule has 1 N–H and O–H groups in total. The van der Waals surface area contributed by atoms with E-state index in [0.29, 0.717) is 15.2 Å². The Morgan fingerprint density at radius 3 is 2.81 bits per heavy atom. The molecule has 0 spiro atoms. The van der Waals surface area contributed by atoms with Crippen molar-refractivity contribution in [2.24, 2.45) is 0 Å². The molecule has 0 heterocycles. The van der Waals surface area contributed by atoms with Gasteiger partial charge >= 0.3 is 5.97 Å². The van der Waals surface area contributed by atoms with E-state index in [1.54, 1.807) is 18.2 Å². The highest BCUT2D eigenvalue weighted by Gasteiger charge is 2.09. The predicted octanol–water partition coefficient (Wildman–Crippen LogP) is 2.05. The van der Waals surface area contributed by atoms with Gasteiger partial charge < -0.3 is 14.8 Å². The van der Waals surface area contributed by atoms with Crippen molar-refractivity contribution in [2.75, 3.05) is 19.8 Å². The Balaban J connectivity index is 2.28. The Bertz CT molecular complexity index is 560. The first-order valence-corrected chi connectivity index (χ1v) is 7.07. The van der Waals surface area contributed by atoms with Crippen molar-refractivity contribution in [2.45, 2.75) is 6.42 Å². The molecule has 0 bridgehead atoms. The smallest absolute Gasteiger partial charge is 0.344 e. The van der Waals surface area contributed by atoms with Crippen LogP contribution in [0.25, 0.3) is 0 Å². The molecule has 0 aliphatic heterocycles. The second kappa shape index (κ2) is 9.21. The molecule has 1 amide bonds. The van der Waals surface area contributed by atoms with Gasteiger partial charge in [0.25, 0.3) is 5.91 Å². The standard InChI is InChI=1S/C13H12BrClN2O4/c14-10-6-9(15)2-3-11(10)20-8-13(19)21-7-12(18)17-5-1-4-16/h2-3,6H,1,5,7-8H2,(H,17,18). The van der Waals surface area contributed by atoms with Gasteiger partial charge in [0, 0.05) is 11.6 Å². The number of rotatable bonds is 7. The first-order valence-electron chi connectivity index (χ1n) is 5.90. The van der Waals surface area contributed by atoms with Crippen molar-refractivity contribution in [1.29, 1.82) is 5.26 Å². The van der Waals surface area contributed by atoms with Crippen molar-refractivity contribution >= 4 is 39.4 Å². The number of hydrogen-bond acceptors (Lipinski definition) is 5. The third-order valence-electron chi connectivity index (χ3n) is 2.16. The van der Waals surface area contributed by atoms with Gasteiger partial charge in [-0.15, -0.1) is 0 Å². The average molecular weight is 376 g/mol. The average Bonchev–Trinajstić information content (AvgIpc) is 2.44. The van der Waals surface area contributed by atoms with Gasteiger partial charge in [-0.1, -0.05) is 11.6 Å². The van der Waals surface area contributed by atoms with Crippen molar-refractivity contribution < 1.29 is 19.1 Å². The minimum Gasteiger partial charge on any atom is -0.481 e. The molecule has 21 heavy (non-hydrogen) atoms. The first-order chi connectivity index (χ1) is 10.0. The van der Waals surface area contributed by atoms with Crippen molar-refractivity contribution in [3.05, 3.63) is 27.7 Å². The number of nitrogens with one attached hydrogen (secondary N) is 1. The largest absolute Gasteiger partial charge is 0.481 e. The summed E-state index contributed by atoms with van der Waals surface area (Å²) in [4.78, 5) is 22.6. The Morgan fingerprint density at radius 1 is 1.38 bits per heavy atom. The van der Waals surface area contributed by atoms with Crippen LogP contribution in [0.1, 0.15) is 6.42 Å². The van der Waals surface area contributed by atoms with E-state index in [1.165, 1.54) is 0 Å². The van der Waals surface area contributed by atoms with E-state index in [9.17, 15) is 9.59 Å². The van der Waals surface area contributed by atoms with Crippen LogP contribution in [0, 0.1) is 11.3 Å². The molecule has 1 rings (SSSR count). The molecular weight excluding hydrogens is 364 g/mol. The molecule has 0 aliphatic carbocycles. The van der Waals surface area contributed by atoms with Crippen molar-refractivity contribution in [3.8, 4) is 11.8 Å². The van der Waals surface area contributed by atoms with Crippen LogP contribution in [0.2, 0.25) is 5.02 Å². The van der Waals surface area contributed by atoms with Crippen LogP contribution in [0.15, 0.2) is 22.7 Å². The number of halogens is 2. The highest BCUT2D eigenvalue weighted by Crippen LogP contribution is 2.27. The molecule has 0 radical (unpaired) electrons. The zero-order chi connectivity index (χ0) is 15.7. The number of nitriles is 1. The third-order valence-corrected chi connectivity index (χ3v) is 3.02. The number of amides is 1. The quantitative estimate of drug-likeness (QED) is 0.582. The minimum absolute atomic E-state index is 0.202. The summed E-state index contributed by atoms with van der Waals surface area (Å²) in [7, 11) is 0. The second-order valence-electron chi connectivity index (χ2n) is 3.78. The van der Waals surface area contributed by atoms with Gasteiger partial charge in [0.1, 0.15) is 5.75 Å². The Hall–Kier alpha value is -1.78. The van der Waals surface area contributed by atoms with Gasteiger partial charge in [-0.2, -0.15) is 5.26 Å². The molecular formula is C13H12BrClN2O4. The highest BCUT2D eigenvalue weighted by molar-refractivity contribution is 9.10. The fourth-order valence-electron chi connectivity index (χ4n) is 1.23. The van der Waals surface area contributed by atoms with Crippen LogP contribution in [-0.2, 0) is 14.3 Å². The molecule has 1 aromatic rings. The van der Waals surface area contributed by atoms with Crippen LogP contribution < -0.4 is 10.1 Å². The van der Waals surface area contributed by atoms with Gasteiger partial charge in [0.05, 0.1) is 17.0 Å². The zero-order valence-corrected chi connectivity index (χ0v) is 13.2. The third kappa shape index (κ3) is 6.97. The maximum atomic E-state index is 11.4. The Labute approximate surface area is 135 Å². The number of benzene rings is 1. The molecule has 0 atom stereocenters. The number of nitrogens with zero attached hydrogens (tertiary/aromatic N) is 1. The maximum Gasteiger partial charge on any atom is 0.344 e. The van der Waals surface area contributed by atoms with Gasteiger partial charge in [0.15, 0.2) is 13.2 Å².